The van der Waals surface area contributed by atoms with Gasteiger partial charge >= 0.3 is 0 Å². The zero-order valence-corrected chi connectivity index (χ0v) is 16.4. The molecule has 2 aliphatic heterocycles. The molecule has 1 N–H and O–H groups in total. The highest BCUT2D eigenvalue weighted by atomic mass is 19.1. The van der Waals surface area contributed by atoms with Gasteiger partial charge < -0.3 is 15.1 Å². The lowest BCUT2D eigenvalue weighted by atomic mass is 10.1. The predicted molar refractivity (Wildman–Crippen MR) is 106 cm³/mol. The van der Waals surface area contributed by atoms with E-state index in [1.54, 1.807) is 34.1 Å². The van der Waals surface area contributed by atoms with E-state index in [1.807, 2.05) is 10.9 Å². The lowest BCUT2D eigenvalue weighted by molar-refractivity contribution is -0.132. The van der Waals surface area contributed by atoms with Crippen LogP contribution >= 0.6 is 0 Å². The molecule has 0 spiro atoms. The molecular weight excluding hydrogens is 373 g/mol. The summed E-state index contributed by atoms with van der Waals surface area (Å²) in [6.45, 7) is 3.72. The largest absolute Gasteiger partial charge is 0.339 e. The summed E-state index contributed by atoms with van der Waals surface area (Å²) in [5.74, 6) is -0.580. The summed E-state index contributed by atoms with van der Waals surface area (Å²) in [6.07, 6.45) is 4.08. The molecule has 3 heterocycles. The number of benzene rings is 1. The molecular formula is C21H26FN5O2. The lowest BCUT2D eigenvalue weighted by Crippen LogP contribution is -2.51. The first-order valence-electron chi connectivity index (χ1n) is 10.2. The predicted octanol–water partition coefficient (Wildman–Crippen LogP) is 1.47. The molecule has 4 rings (SSSR count). The molecule has 2 aromatic rings. The molecule has 1 unspecified atom stereocenters. The Morgan fingerprint density at radius 2 is 1.86 bits per heavy atom. The molecule has 154 valence electrons. The van der Waals surface area contributed by atoms with Crippen LogP contribution in [0.5, 0.6) is 0 Å². The summed E-state index contributed by atoms with van der Waals surface area (Å²) >= 11 is 0. The van der Waals surface area contributed by atoms with Crippen LogP contribution in [0.4, 0.5) is 4.39 Å². The highest BCUT2D eigenvalue weighted by Crippen LogP contribution is 2.17. The molecule has 1 aromatic heterocycles. The molecule has 0 radical (unpaired) electrons. The van der Waals surface area contributed by atoms with Crippen molar-refractivity contribution in [2.75, 3.05) is 39.3 Å². The zero-order chi connectivity index (χ0) is 20.2. The van der Waals surface area contributed by atoms with Crippen molar-refractivity contribution >= 4 is 11.8 Å². The number of carbonyl (C=O) groups is 2. The third-order valence-electron chi connectivity index (χ3n) is 5.69. The third-order valence-corrected chi connectivity index (χ3v) is 5.69. The van der Waals surface area contributed by atoms with E-state index in [4.69, 9.17) is 0 Å². The number of aromatic nitrogens is 2. The minimum absolute atomic E-state index is 0.0421. The van der Waals surface area contributed by atoms with Crippen LogP contribution in [0.25, 0.3) is 0 Å². The van der Waals surface area contributed by atoms with E-state index < -0.39 is 0 Å². The number of hydrogen-bond acceptors (Lipinski definition) is 4. The average Bonchev–Trinajstić information content (AvgIpc) is 3.26. The molecule has 7 nitrogen and oxygen atoms in total. The number of halogens is 1. The fourth-order valence-electron chi connectivity index (χ4n) is 3.95. The number of nitrogens with zero attached hydrogens (tertiary/aromatic N) is 4. The summed E-state index contributed by atoms with van der Waals surface area (Å²) < 4.78 is 15.7. The molecule has 8 heteroatoms. The zero-order valence-electron chi connectivity index (χ0n) is 16.4. The number of nitrogens with one attached hydrogen (secondary N) is 1. The Balaban J connectivity index is 1.31. The Bertz CT molecular complexity index is 869. The summed E-state index contributed by atoms with van der Waals surface area (Å²) in [4.78, 5) is 28.7. The van der Waals surface area contributed by atoms with Crippen LogP contribution in [-0.4, -0.2) is 70.7 Å². The fraction of sp³-hybridized carbons (Fsp3) is 0.476. The first kappa shape index (κ1) is 19.6. The molecule has 0 aliphatic carbocycles. The Kier molecular flexibility index (Phi) is 5.89. The van der Waals surface area contributed by atoms with Crippen molar-refractivity contribution in [3.63, 3.8) is 0 Å². The van der Waals surface area contributed by atoms with Gasteiger partial charge in [0.1, 0.15) is 11.5 Å². The Hall–Kier alpha value is -2.74. The minimum Gasteiger partial charge on any atom is -0.339 e. The topological polar surface area (TPSA) is 70.5 Å². The maximum absolute atomic E-state index is 13.8. The van der Waals surface area contributed by atoms with Gasteiger partial charge in [0.05, 0.1) is 12.5 Å². The van der Waals surface area contributed by atoms with Gasteiger partial charge in [0.2, 0.25) is 5.91 Å². The Morgan fingerprint density at radius 3 is 2.59 bits per heavy atom. The van der Waals surface area contributed by atoms with E-state index in [0.29, 0.717) is 37.4 Å². The minimum atomic E-state index is -0.363. The monoisotopic (exact) mass is 399 g/mol. The van der Waals surface area contributed by atoms with E-state index in [1.165, 1.54) is 6.07 Å². The van der Waals surface area contributed by atoms with Gasteiger partial charge in [-0.05, 0) is 37.1 Å². The third kappa shape index (κ3) is 4.48. The second-order valence-corrected chi connectivity index (χ2v) is 7.62. The highest BCUT2D eigenvalue weighted by molar-refractivity contribution is 5.92. The number of carbonyl (C=O) groups excluding carboxylic acids is 2. The smallest absolute Gasteiger partial charge is 0.274 e. The van der Waals surface area contributed by atoms with Crippen molar-refractivity contribution in [3.05, 3.63) is 53.6 Å². The molecule has 0 saturated carbocycles. The molecule has 1 atom stereocenters. The first-order valence-corrected chi connectivity index (χ1v) is 10.2. The van der Waals surface area contributed by atoms with E-state index in [2.05, 4.69) is 10.4 Å². The van der Waals surface area contributed by atoms with E-state index in [9.17, 15) is 14.0 Å². The van der Waals surface area contributed by atoms with Crippen LogP contribution in [0.2, 0.25) is 0 Å². The number of hydrogen-bond donors (Lipinski definition) is 1. The van der Waals surface area contributed by atoms with E-state index in [-0.39, 0.29) is 30.1 Å². The fourth-order valence-corrected chi connectivity index (χ4v) is 3.95. The average molecular weight is 399 g/mol. The van der Waals surface area contributed by atoms with Gasteiger partial charge in [-0.3, -0.25) is 14.3 Å². The second-order valence-electron chi connectivity index (χ2n) is 7.62. The molecule has 2 amide bonds. The van der Waals surface area contributed by atoms with Crippen molar-refractivity contribution in [2.45, 2.75) is 25.3 Å². The van der Waals surface area contributed by atoms with Gasteiger partial charge in [0.15, 0.2) is 0 Å². The van der Waals surface area contributed by atoms with Gasteiger partial charge in [0.25, 0.3) is 5.91 Å². The molecule has 0 bridgehead atoms. The Labute approximate surface area is 169 Å². The van der Waals surface area contributed by atoms with Crippen molar-refractivity contribution in [1.82, 2.24) is 24.9 Å². The van der Waals surface area contributed by atoms with Gasteiger partial charge in [0, 0.05) is 38.9 Å². The Morgan fingerprint density at radius 1 is 1.10 bits per heavy atom. The van der Waals surface area contributed by atoms with Gasteiger partial charge in [-0.15, -0.1) is 0 Å². The van der Waals surface area contributed by atoms with Gasteiger partial charge in [-0.25, -0.2) is 4.39 Å². The molecule has 2 fully saturated rings. The quantitative estimate of drug-likeness (QED) is 0.845. The normalized spacial score (nSPS) is 20.0. The van der Waals surface area contributed by atoms with Crippen molar-refractivity contribution in [2.24, 2.45) is 0 Å². The summed E-state index contributed by atoms with van der Waals surface area (Å²) in [5, 5.41) is 7.85. The van der Waals surface area contributed by atoms with Crippen LogP contribution in [0.15, 0.2) is 36.5 Å². The van der Waals surface area contributed by atoms with Crippen LogP contribution < -0.4 is 5.32 Å². The maximum Gasteiger partial charge on any atom is 0.274 e. The van der Waals surface area contributed by atoms with E-state index >= 15 is 0 Å². The molecule has 2 aliphatic rings. The lowest BCUT2D eigenvalue weighted by Gasteiger charge is -2.34. The molecule has 29 heavy (non-hydrogen) atoms. The summed E-state index contributed by atoms with van der Waals surface area (Å²) in [6, 6.07) is 8.39. The van der Waals surface area contributed by atoms with Crippen molar-refractivity contribution < 1.29 is 14.0 Å². The van der Waals surface area contributed by atoms with Crippen molar-refractivity contribution in [1.29, 1.82) is 0 Å². The summed E-state index contributed by atoms with van der Waals surface area (Å²) in [7, 11) is 0. The SMILES string of the molecule is O=C(Cc1ccccc1F)N1CCN(C(=O)c2ccn(C3CCCNC3)n2)CC1. The maximum atomic E-state index is 13.8. The number of piperidine rings is 1. The molecule has 2 saturated heterocycles. The number of amides is 2. The standard InChI is InChI=1S/C21H26FN5O2/c22-18-6-2-1-4-16(18)14-20(28)25-10-12-26(13-11-25)21(29)19-7-9-27(24-19)17-5-3-8-23-15-17/h1-2,4,6-7,9,17,23H,3,5,8,10-15H2. The summed E-state index contributed by atoms with van der Waals surface area (Å²) in [5.41, 5.74) is 0.848. The second kappa shape index (κ2) is 8.73. The van der Waals surface area contributed by atoms with Crippen LogP contribution in [0, 0.1) is 5.82 Å². The van der Waals surface area contributed by atoms with Crippen LogP contribution in [0.3, 0.4) is 0 Å². The number of rotatable bonds is 4. The van der Waals surface area contributed by atoms with Gasteiger partial charge in [-0.2, -0.15) is 5.10 Å². The number of piperazine rings is 1. The highest BCUT2D eigenvalue weighted by Gasteiger charge is 2.27. The van der Waals surface area contributed by atoms with E-state index in [0.717, 1.165) is 25.9 Å². The van der Waals surface area contributed by atoms with Crippen molar-refractivity contribution in [3.8, 4) is 0 Å². The van der Waals surface area contributed by atoms with Crippen LogP contribution in [-0.2, 0) is 11.2 Å². The van der Waals surface area contributed by atoms with Gasteiger partial charge in [-0.1, -0.05) is 18.2 Å². The molecule has 1 aromatic carbocycles. The van der Waals surface area contributed by atoms with Crippen LogP contribution in [0.1, 0.15) is 34.9 Å². The first-order chi connectivity index (χ1) is 14.1.